The molecule has 4 heteroatoms. The molecule has 0 heterocycles. The molecule has 3 nitrogen and oxygen atoms in total. The van der Waals surface area contributed by atoms with E-state index in [0.717, 1.165) is 4.90 Å². The van der Waals surface area contributed by atoms with Crippen LogP contribution in [-0.2, 0) is 10.2 Å². The summed E-state index contributed by atoms with van der Waals surface area (Å²) in [5.41, 5.74) is 6.21. The molecule has 0 radical (unpaired) electrons. The lowest BCUT2D eigenvalue weighted by atomic mass is 9.87. The van der Waals surface area contributed by atoms with E-state index >= 15 is 0 Å². The van der Waals surface area contributed by atoms with E-state index in [0.29, 0.717) is 5.75 Å². The number of primary amides is 1. The summed E-state index contributed by atoms with van der Waals surface area (Å²) in [5.74, 6) is 0.294. The third kappa shape index (κ3) is 4.25. The summed E-state index contributed by atoms with van der Waals surface area (Å²) in [6.45, 7) is 8.41. The van der Waals surface area contributed by atoms with Crippen molar-refractivity contribution in [3.05, 3.63) is 29.8 Å². The van der Waals surface area contributed by atoms with Crippen molar-refractivity contribution in [2.24, 2.45) is 5.73 Å². The second-order valence-corrected chi connectivity index (χ2v) is 7.06. The van der Waals surface area contributed by atoms with Gasteiger partial charge >= 0.3 is 0 Å². The number of rotatable bonds is 5. The molecule has 1 unspecified atom stereocenters. The molecule has 19 heavy (non-hydrogen) atoms. The van der Waals surface area contributed by atoms with Gasteiger partial charge in [-0.3, -0.25) is 4.79 Å². The zero-order valence-corrected chi connectivity index (χ0v) is 13.2. The van der Waals surface area contributed by atoms with E-state index in [4.69, 9.17) is 5.73 Å². The molecule has 0 aromatic heterocycles. The maximum Gasteiger partial charge on any atom is 0.238 e. The highest BCUT2D eigenvalue weighted by atomic mass is 32.2. The van der Waals surface area contributed by atoms with E-state index in [1.807, 2.05) is 6.92 Å². The molecule has 1 rings (SSSR count). The summed E-state index contributed by atoms with van der Waals surface area (Å²) in [7, 11) is 1.76. The van der Waals surface area contributed by atoms with Crippen molar-refractivity contribution in [1.82, 2.24) is 5.32 Å². The van der Waals surface area contributed by atoms with Crippen LogP contribution in [0.25, 0.3) is 0 Å². The van der Waals surface area contributed by atoms with Crippen LogP contribution in [-0.4, -0.2) is 24.2 Å². The van der Waals surface area contributed by atoms with Gasteiger partial charge in [-0.1, -0.05) is 32.9 Å². The van der Waals surface area contributed by atoms with E-state index in [9.17, 15) is 4.79 Å². The summed E-state index contributed by atoms with van der Waals surface area (Å²) in [6, 6.07) is 8.48. The second kappa shape index (κ2) is 5.97. The van der Waals surface area contributed by atoms with Crippen molar-refractivity contribution in [3.8, 4) is 0 Å². The quantitative estimate of drug-likeness (QED) is 0.815. The summed E-state index contributed by atoms with van der Waals surface area (Å²) in [5, 5.41) is 2.99. The van der Waals surface area contributed by atoms with Crippen LogP contribution >= 0.6 is 11.8 Å². The molecule has 0 fully saturated rings. The van der Waals surface area contributed by atoms with Gasteiger partial charge in [0.1, 0.15) is 5.54 Å². The van der Waals surface area contributed by atoms with Crippen LogP contribution in [0.3, 0.4) is 0 Å². The molecule has 0 saturated heterocycles. The fourth-order valence-corrected chi connectivity index (χ4v) is 2.62. The van der Waals surface area contributed by atoms with Crippen LogP contribution in [0.1, 0.15) is 33.3 Å². The minimum Gasteiger partial charge on any atom is -0.368 e. The van der Waals surface area contributed by atoms with Crippen molar-refractivity contribution in [2.45, 2.75) is 43.5 Å². The summed E-state index contributed by atoms with van der Waals surface area (Å²) >= 11 is 1.64. The van der Waals surface area contributed by atoms with Crippen molar-refractivity contribution in [3.63, 3.8) is 0 Å². The molecule has 1 aromatic carbocycles. The smallest absolute Gasteiger partial charge is 0.238 e. The first-order chi connectivity index (χ1) is 8.69. The van der Waals surface area contributed by atoms with Crippen molar-refractivity contribution < 1.29 is 4.79 Å². The molecule has 106 valence electrons. The Hall–Kier alpha value is -1.00. The van der Waals surface area contributed by atoms with Crippen molar-refractivity contribution in [1.29, 1.82) is 0 Å². The summed E-state index contributed by atoms with van der Waals surface area (Å²) < 4.78 is 0. The Morgan fingerprint density at radius 1 is 1.21 bits per heavy atom. The lowest BCUT2D eigenvalue weighted by Crippen LogP contribution is -2.53. The zero-order chi connectivity index (χ0) is 14.7. The highest BCUT2D eigenvalue weighted by Gasteiger charge is 2.28. The number of amides is 1. The molecular weight excluding hydrogens is 256 g/mol. The minimum atomic E-state index is -0.673. The largest absolute Gasteiger partial charge is 0.368 e. The molecule has 0 aliphatic carbocycles. The van der Waals surface area contributed by atoms with Gasteiger partial charge in [0, 0.05) is 10.6 Å². The number of thioether (sulfide) groups is 1. The van der Waals surface area contributed by atoms with Crippen LogP contribution < -0.4 is 11.1 Å². The van der Waals surface area contributed by atoms with Crippen LogP contribution in [0.2, 0.25) is 0 Å². The fraction of sp³-hybridized carbons (Fsp3) is 0.533. The van der Waals surface area contributed by atoms with Gasteiger partial charge in [0.25, 0.3) is 0 Å². The third-order valence-electron chi connectivity index (χ3n) is 3.34. The van der Waals surface area contributed by atoms with Gasteiger partial charge in [-0.15, -0.1) is 11.8 Å². The highest BCUT2D eigenvalue weighted by Crippen LogP contribution is 2.27. The Balaban J connectivity index is 2.72. The third-order valence-corrected chi connectivity index (χ3v) is 4.67. The standard InChI is InChI=1S/C15H24N2OS/c1-14(2,3)11-6-8-12(9-7-11)19-10-15(4,17-5)13(16)18/h6-9,17H,10H2,1-5H3,(H2,16,18). The van der Waals surface area contributed by atoms with Crippen molar-refractivity contribution in [2.75, 3.05) is 12.8 Å². The summed E-state index contributed by atoms with van der Waals surface area (Å²) in [4.78, 5) is 12.6. The number of carbonyl (C=O) groups excluding carboxylic acids is 1. The molecule has 3 N–H and O–H groups in total. The van der Waals surface area contributed by atoms with Crippen LogP contribution in [0.5, 0.6) is 0 Å². The van der Waals surface area contributed by atoms with E-state index in [1.54, 1.807) is 18.8 Å². The van der Waals surface area contributed by atoms with Gasteiger partial charge in [0.05, 0.1) is 0 Å². The number of carbonyl (C=O) groups is 1. The van der Waals surface area contributed by atoms with Crippen molar-refractivity contribution >= 4 is 17.7 Å². The van der Waals surface area contributed by atoms with Gasteiger partial charge in [0.15, 0.2) is 0 Å². The SMILES string of the molecule is CNC(C)(CSc1ccc(C(C)(C)C)cc1)C(N)=O. The molecule has 0 spiro atoms. The number of hydrogen-bond acceptors (Lipinski definition) is 3. The zero-order valence-electron chi connectivity index (χ0n) is 12.4. The maximum atomic E-state index is 11.4. The van der Waals surface area contributed by atoms with Crippen LogP contribution in [0.15, 0.2) is 29.2 Å². The van der Waals surface area contributed by atoms with E-state index < -0.39 is 5.54 Å². The number of nitrogens with two attached hydrogens (primary N) is 1. The normalized spacial score (nSPS) is 15.0. The topological polar surface area (TPSA) is 55.1 Å². The van der Waals surface area contributed by atoms with E-state index in [2.05, 4.69) is 50.4 Å². The number of benzene rings is 1. The molecule has 1 amide bonds. The molecule has 0 aliphatic rings. The van der Waals surface area contributed by atoms with Gasteiger partial charge < -0.3 is 11.1 Å². The Bertz CT molecular complexity index is 436. The van der Waals surface area contributed by atoms with E-state index in [-0.39, 0.29) is 11.3 Å². The first kappa shape index (κ1) is 16.1. The van der Waals surface area contributed by atoms with Gasteiger partial charge in [-0.2, -0.15) is 0 Å². The number of nitrogens with one attached hydrogen (secondary N) is 1. The average molecular weight is 280 g/mol. The fourth-order valence-electron chi connectivity index (χ4n) is 1.55. The average Bonchev–Trinajstić information content (AvgIpc) is 2.35. The first-order valence-electron chi connectivity index (χ1n) is 6.41. The molecule has 1 aromatic rings. The first-order valence-corrected chi connectivity index (χ1v) is 7.40. The van der Waals surface area contributed by atoms with E-state index in [1.165, 1.54) is 5.56 Å². The number of likely N-dealkylation sites (N-methyl/N-ethyl adjacent to an activating group) is 1. The molecular formula is C15H24N2OS. The Labute approximate surface area is 120 Å². The lowest BCUT2D eigenvalue weighted by Gasteiger charge is -2.25. The molecule has 0 saturated carbocycles. The molecule has 1 atom stereocenters. The van der Waals surface area contributed by atoms with Crippen LogP contribution in [0, 0.1) is 0 Å². The lowest BCUT2D eigenvalue weighted by molar-refractivity contribution is -0.122. The Morgan fingerprint density at radius 2 is 1.74 bits per heavy atom. The monoisotopic (exact) mass is 280 g/mol. The van der Waals surface area contributed by atoms with Gasteiger partial charge in [-0.25, -0.2) is 0 Å². The molecule has 0 bridgehead atoms. The van der Waals surface area contributed by atoms with Gasteiger partial charge in [-0.05, 0) is 37.1 Å². The van der Waals surface area contributed by atoms with Gasteiger partial charge in [0.2, 0.25) is 5.91 Å². The number of hydrogen-bond donors (Lipinski definition) is 2. The summed E-state index contributed by atoms with van der Waals surface area (Å²) in [6.07, 6.45) is 0. The Kier molecular flexibility index (Phi) is 5.04. The minimum absolute atomic E-state index is 0.163. The second-order valence-electron chi connectivity index (χ2n) is 6.01. The predicted octanol–water partition coefficient (Wildman–Crippen LogP) is 2.54. The Morgan fingerprint density at radius 3 is 2.11 bits per heavy atom. The highest BCUT2D eigenvalue weighted by molar-refractivity contribution is 7.99. The molecule has 0 aliphatic heterocycles. The maximum absolute atomic E-state index is 11.4. The van der Waals surface area contributed by atoms with Crippen LogP contribution in [0.4, 0.5) is 0 Å². The predicted molar refractivity (Wildman–Crippen MR) is 82.5 cm³/mol.